The molecule has 0 bridgehead atoms. The first-order valence-corrected chi connectivity index (χ1v) is 7.94. The van der Waals surface area contributed by atoms with E-state index in [0.29, 0.717) is 6.61 Å². The minimum atomic E-state index is 0.713. The van der Waals surface area contributed by atoms with Crippen LogP contribution in [0.3, 0.4) is 0 Å². The number of halogens is 1. The molecule has 0 aliphatic carbocycles. The van der Waals surface area contributed by atoms with Gasteiger partial charge in [0, 0.05) is 27.4 Å². The van der Waals surface area contributed by atoms with E-state index in [1.54, 1.807) is 11.8 Å². The van der Waals surface area contributed by atoms with Crippen LogP contribution in [0.4, 0.5) is 5.69 Å². The number of hydrogen-bond acceptors (Lipinski definition) is 3. The molecule has 2 nitrogen and oxygen atoms in total. The SMILES string of the molecule is CCCOc1cc(N)cc(SCc2ccc(Cl)cc2)c1. The lowest BCUT2D eigenvalue weighted by molar-refractivity contribution is 0.317. The molecule has 2 rings (SSSR count). The van der Waals surface area contributed by atoms with Gasteiger partial charge in [0.25, 0.3) is 0 Å². The molecule has 0 spiro atoms. The number of ether oxygens (including phenoxy) is 1. The predicted molar refractivity (Wildman–Crippen MR) is 87.7 cm³/mol. The zero-order chi connectivity index (χ0) is 14.4. The zero-order valence-corrected chi connectivity index (χ0v) is 13.0. The Kier molecular flexibility index (Phi) is 5.62. The molecule has 0 fully saturated rings. The zero-order valence-electron chi connectivity index (χ0n) is 11.4. The first-order chi connectivity index (χ1) is 9.67. The van der Waals surface area contributed by atoms with E-state index in [4.69, 9.17) is 22.1 Å². The second kappa shape index (κ2) is 7.46. The van der Waals surface area contributed by atoms with Crippen molar-refractivity contribution in [3.8, 4) is 5.75 Å². The molecule has 0 atom stereocenters. The molecule has 0 unspecified atom stereocenters. The highest BCUT2D eigenvalue weighted by Crippen LogP contribution is 2.29. The lowest BCUT2D eigenvalue weighted by Gasteiger charge is -2.09. The molecule has 0 aromatic heterocycles. The van der Waals surface area contributed by atoms with Crippen LogP contribution < -0.4 is 10.5 Å². The van der Waals surface area contributed by atoms with Crippen LogP contribution in [0.1, 0.15) is 18.9 Å². The van der Waals surface area contributed by atoms with Gasteiger partial charge in [-0.3, -0.25) is 0 Å². The molecule has 0 radical (unpaired) electrons. The van der Waals surface area contributed by atoms with E-state index < -0.39 is 0 Å². The molecule has 106 valence electrons. The van der Waals surface area contributed by atoms with Crippen molar-refractivity contribution in [1.82, 2.24) is 0 Å². The number of nitrogen functional groups attached to an aromatic ring is 1. The van der Waals surface area contributed by atoms with Crippen molar-refractivity contribution in [1.29, 1.82) is 0 Å². The summed E-state index contributed by atoms with van der Waals surface area (Å²) in [5.41, 5.74) is 7.88. The maximum Gasteiger partial charge on any atom is 0.122 e. The molecular formula is C16H18ClNOS. The molecule has 2 aromatic rings. The summed E-state index contributed by atoms with van der Waals surface area (Å²) in [4.78, 5) is 1.12. The van der Waals surface area contributed by atoms with Crippen LogP contribution >= 0.6 is 23.4 Å². The Balaban J connectivity index is 2.01. The predicted octanol–water partition coefficient (Wildman–Crippen LogP) is 5.00. The maximum atomic E-state index is 5.91. The van der Waals surface area contributed by atoms with Gasteiger partial charge in [-0.15, -0.1) is 11.8 Å². The van der Waals surface area contributed by atoms with Gasteiger partial charge >= 0.3 is 0 Å². The van der Waals surface area contributed by atoms with Gasteiger partial charge in [0.15, 0.2) is 0 Å². The molecule has 20 heavy (non-hydrogen) atoms. The summed E-state index contributed by atoms with van der Waals surface area (Å²) in [5, 5.41) is 0.762. The Bertz CT molecular complexity index is 557. The van der Waals surface area contributed by atoms with Crippen LogP contribution in [0.15, 0.2) is 47.4 Å². The van der Waals surface area contributed by atoms with Gasteiger partial charge in [0.1, 0.15) is 5.75 Å². The molecule has 2 aromatic carbocycles. The minimum absolute atomic E-state index is 0.713. The van der Waals surface area contributed by atoms with Crippen molar-refractivity contribution in [2.24, 2.45) is 0 Å². The molecule has 0 heterocycles. The van der Waals surface area contributed by atoms with Gasteiger partial charge in [-0.25, -0.2) is 0 Å². The van der Waals surface area contributed by atoms with Crippen LogP contribution in [-0.2, 0) is 5.75 Å². The summed E-state index contributed by atoms with van der Waals surface area (Å²) in [6.45, 7) is 2.80. The van der Waals surface area contributed by atoms with Gasteiger partial charge in [-0.05, 0) is 36.2 Å². The Hall–Kier alpha value is -1.32. The molecule has 4 heteroatoms. The molecule has 0 aliphatic rings. The van der Waals surface area contributed by atoms with Gasteiger partial charge in [0.2, 0.25) is 0 Å². The second-order valence-corrected chi connectivity index (χ2v) is 5.99. The van der Waals surface area contributed by atoms with Crippen LogP contribution in [-0.4, -0.2) is 6.61 Å². The average Bonchev–Trinajstić information content (AvgIpc) is 2.44. The number of hydrogen-bond donors (Lipinski definition) is 1. The molecule has 0 saturated carbocycles. The highest BCUT2D eigenvalue weighted by Gasteiger charge is 2.02. The fourth-order valence-corrected chi connectivity index (χ4v) is 2.80. The Morgan fingerprint density at radius 3 is 2.60 bits per heavy atom. The second-order valence-electron chi connectivity index (χ2n) is 4.50. The fourth-order valence-electron chi connectivity index (χ4n) is 1.73. The Morgan fingerprint density at radius 1 is 1.15 bits per heavy atom. The van der Waals surface area contributed by atoms with E-state index in [2.05, 4.69) is 6.92 Å². The van der Waals surface area contributed by atoms with Crippen LogP contribution in [0.2, 0.25) is 5.02 Å². The lowest BCUT2D eigenvalue weighted by atomic mass is 10.2. The Labute approximate surface area is 129 Å². The largest absolute Gasteiger partial charge is 0.493 e. The summed E-state index contributed by atoms with van der Waals surface area (Å²) in [6.07, 6.45) is 0.988. The van der Waals surface area contributed by atoms with Gasteiger partial charge < -0.3 is 10.5 Å². The first-order valence-electron chi connectivity index (χ1n) is 6.58. The number of rotatable bonds is 6. The quantitative estimate of drug-likeness (QED) is 0.602. The third-order valence-corrected chi connectivity index (χ3v) is 3.99. The topological polar surface area (TPSA) is 35.2 Å². The minimum Gasteiger partial charge on any atom is -0.493 e. The van der Waals surface area contributed by atoms with E-state index in [9.17, 15) is 0 Å². The molecule has 2 N–H and O–H groups in total. The van der Waals surface area contributed by atoms with E-state index in [1.165, 1.54) is 5.56 Å². The standard InChI is InChI=1S/C16H18ClNOS/c1-2-7-19-15-8-14(18)9-16(10-15)20-11-12-3-5-13(17)6-4-12/h3-6,8-10H,2,7,11,18H2,1H3. The fraction of sp³-hybridized carbons (Fsp3) is 0.250. The van der Waals surface area contributed by atoms with Crippen molar-refractivity contribution in [2.75, 3.05) is 12.3 Å². The number of thioether (sulfide) groups is 1. The highest BCUT2D eigenvalue weighted by atomic mass is 35.5. The highest BCUT2D eigenvalue weighted by molar-refractivity contribution is 7.98. The van der Waals surface area contributed by atoms with Crippen molar-refractivity contribution in [3.63, 3.8) is 0 Å². The molecular weight excluding hydrogens is 290 g/mol. The van der Waals surface area contributed by atoms with Gasteiger partial charge in [-0.2, -0.15) is 0 Å². The van der Waals surface area contributed by atoms with Crippen LogP contribution in [0.25, 0.3) is 0 Å². The summed E-state index contributed by atoms with van der Waals surface area (Å²) < 4.78 is 5.63. The van der Waals surface area contributed by atoms with Crippen LogP contribution in [0, 0.1) is 0 Å². The molecule has 0 saturated heterocycles. The van der Waals surface area contributed by atoms with E-state index >= 15 is 0 Å². The normalized spacial score (nSPS) is 10.5. The van der Waals surface area contributed by atoms with E-state index in [1.807, 2.05) is 42.5 Å². The lowest BCUT2D eigenvalue weighted by Crippen LogP contribution is -1.96. The average molecular weight is 308 g/mol. The van der Waals surface area contributed by atoms with E-state index in [-0.39, 0.29) is 0 Å². The van der Waals surface area contributed by atoms with Gasteiger partial charge in [0.05, 0.1) is 6.61 Å². The van der Waals surface area contributed by atoms with Crippen LogP contribution in [0.5, 0.6) is 5.75 Å². The van der Waals surface area contributed by atoms with Gasteiger partial charge in [-0.1, -0.05) is 30.7 Å². The number of anilines is 1. The molecule has 0 amide bonds. The summed E-state index contributed by atoms with van der Waals surface area (Å²) >= 11 is 7.62. The van der Waals surface area contributed by atoms with E-state index in [0.717, 1.165) is 33.5 Å². The monoisotopic (exact) mass is 307 g/mol. The third kappa shape index (κ3) is 4.66. The summed E-state index contributed by atoms with van der Waals surface area (Å²) in [6, 6.07) is 13.8. The Morgan fingerprint density at radius 2 is 1.90 bits per heavy atom. The smallest absolute Gasteiger partial charge is 0.122 e. The number of benzene rings is 2. The van der Waals surface area contributed by atoms with Crippen molar-refractivity contribution < 1.29 is 4.74 Å². The van der Waals surface area contributed by atoms with Crippen molar-refractivity contribution in [3.05, 3.63) is 53.1 Å². The van der Waals surface area contributed by atoms with Crippen molar-refractivity contribution in [2.45, 2.75) is 24.0 Å². The number of nitrogens with two attached hydrogens (primary N) is 1. The molecule has 0 aliphatic heterocycles. The maximum absolute atomic E-state index is 5.91. The summed E-state index contributed by atoms with van der Waals surface area (Å²) in [7, 11) is 0. The third-order valence-electron chi connectivity index (χ3n) is 2.69. The summed E-state index contributed by atoms with van der Waals surface area (Å²) in [5.74, 6) is 1.72. The van der Waals surface area contributed by atoms with Crippen molar-refractivity contribution >= 4 is 29.1 Å². The first kappa shape index (κ1) is 15.1.